The quantitative estimate of drug-likeness (QED) is 0.212. The highest BCUT2D eigenvalue weighted by atomic mass is 16.6. The maximum absolute atomic E-state index is 12.5. The van der Waals surface area contributed by atoms with E-state index in [4.69, 9.17) is 9.47 Å². The predicted octanol–water partition coefficient (Wildman–Crippen LogP) is 4.96. The van der Waals surface area contributed by atoms with Crippen LogP contribution in [0.1, 0.15) is 69.8 Å². The third-order valence-electron chi connectivity index (χ3n) is 5.40. The molecule has 0 aromatic heterocycles. The zero-order valence-electron chi connectivity index (χ0n) is 21.9. The van der Waals surface area contributed by atoms with Gasteiger partial charge >= 0.3 is 5.97 Å². The van der Waals surface area contributed by atoms with Crippen molar-refractivity contribution in [2.24, 2.45) is 0 Å². The van der Waals surface area contributed by atoms with Gasteiger partial charge in [0.2, 0.25) is 0 Å². The number of hydrogen-bond acceptors (Lipinski definition) is 6. The Bertz CT molecular complexity index is 908. The lowest BCUT2D eigenvalue weighted by Gasteiger charge is -2.26. The molecule has 2 rings (SSSR count). The Balaban J connectivity index is 1.79. The molecular weight excluding hydrogens is 440 g/mol. The van der Waals surface area contributed by atoms with Crippen molar-refractivity contribution >= 4 is 11.8 Å². The number of aryl methyl sites for hydroxylation is 1. The molecule has 0 fully saturated rings. The maximum Gasteiger partial charge on any atom is 0.323 e. The number of ketones is 1. The minimum Gasteiger partial charge on any atom is -0.489 e. The zero-order chi connectivity index (χ0) is 25.7. The number of Topliss-reactive ketones (excluding diaryl/α,β-unsaturated/α-hetero) is 1. The van der Waals surface area contributed by atoms with Gasteiger partial charge < -0.3 is 20.1 Å². The van der Waals surface area contributed by atoms with E-state index in [9.17, 15) is 9.59 Å². The number of benzene rings is 2. The molecule has 0 aliphatic heterocycles. The average molecular weight is 483 g/mol. The SMILES string of the molecule is CCC[C@H](NC[C@@H](C)Oc1ccccc1CCCNCC(=O)c1ccccc1)C(=O)OC(C)(C)C. The molecule has 6 heteroatoms. The fourth-order valence-corrected chi connectivity index (χ4v) is 3.69. The molecule has 6 nitrogen and oxygen atoms in total. The maximum atomic E-state index is 12.5. The van der Waals surface area contributed by atoms with E-state index in [1.165, 1.54) is 0 Å². The third kappa shape index (κ3) is 11.1. The largest absolute Gasteiger partial charge is 0.489 e. The molecule has 2 aromatic rings. The van der Waals surface area contributed by atoms with Crippen molar-refractivity contribution in [3.63, 3.8) is 0 Å². The van der Waals surface area contributed by atoms with Crippen molar-refractivity contribution in [2.75, 3.05) is 19.6 Å². The van der Waals surface area contributed by atoms with Crippen molar-refractivity contribution in [3.8, 4) is 5.75 Å². The highest BCUT2D eigenvalue weighted by Gasteiger charge is 2.24. The second kappa shape index (κ2) is 14.6. The Kier molecular flexibility index (Phi) is 11.9. The van der Waals surface area contributed by atoms with Crippen LogP contribution in [0, 0.1) is 0 Å². The Morgan fingerprint density at radius 1 is 1.00 bits per heavy atom. The van der Waals surface area contributed by atoms with Gasteiger partial charge in [-0.25, -0.2) is 0 Å². The summed E-state index contributed by atoms with van der Waals surface area (Å²) in [5, 5.41) is 6.57. The van der Waals surface area contributed by atoms with Crippen molar-refractivity contribution in [1.29, 1.82) is 0 Å². The van der Waals surface area contributed by atoms with Crippen molar-refractivity contribution in [1.82, 2.24) is 10.6 Å². The van der Waals surface area contributed by atoms with Gasteiger partial charge in [-0.15, -0.1) is 0 Å². The molecule has 2 atom stereocenters. The van der Waals surface area contributed by atoms with Gasteiger partial charge in [0, 0.05) is 12.1 Å². The van der Waals surface area contributed by atoms with Crippen LogP contribution in [0.3, 0.4) is 0 Å². The first-order valence-corrected chi connectivity index (χ1v) is 12.7. The third-order valence-corrected chi connectivity index (χ3v) is 5.40. The Morgan fingerprint density at radius 3 is 2.37 bits per heavy atom. The number of rotatable bonds is 15. The van der Waals surface area contributed by atoms with Gasteiger partial charge in [-0.3, -0.25) is 9.59 Å². The van der Waals surface area contributed by atoms with Gasteiger partial charge in [0.1, 0.15) is 23.5 Å². The smallest absolute Gasteiger partial charge is 0.323 e. The van der Waals surface area contributed by atoms with E-state index in [0.717, 1.165) is 49.1 Å². The number of ether oxygens (including phenoxy) is 2. The molecule has 0 saturated heterocycles. The molecule has 192 valence electrons. The van der Waals surface area contributed by atoms with Gasteiger partial charge in [-0.1, -0.05) is 61.9 Å². The summed E-state index contributed by atoms with van der Waals surface area (Å²) in [6, 6.07) is 17.0. The summed E-state index contributed by atoms with van der Waals surface area (Å²) in [4.78, 5) is 24.7. The van der Waals surface area contributed by atoms with Crippen LogP contribution < -0.4 is 15.4 Å². The fourth-order valence-electron chi connectivity index (χ4n) is 3.69. The van der Waals surface area contributed by atoms with Crippen LogP contribution in [0.25, 0.3) is 0 Å². The Hall–Kier alpha value is -2.70. The second-order valence-electron chi connectivity index (χ2n) is 9.89. The minimum atomic E-state index is -0.504. The molecule has 0 aliphatic carbocycles. The Labute approximate surface area is 210 Å². The number of para-hydroxylation sites is 1. The van der Waals surface area contributed by atoms with Crippen LogP contribution in [-0.4, -0.2) is 49.1 Å². The van der Waals surface area contributed by atoms with Gasteiger partial charge in [0.05, 0.1) is 6.54 Å². The lowest BCUT2D eigenvalue weighted by molar-refractivity contribution is -0.157. The number of hydrogen-bond donors (Lipinski definition) is 2. The summed E-state index contributed by atoms with van der Waals surface area (Å²) in [6.45, 7) is 11.3. The van der Waals surface area contributed by atoms with Crippen LogP contribution >= 0.6 is 0 Å². The molecule has 35 heavy (non-hydrogen) atoms. The molecule has 0 unspecified atom stereocenters. The molecule has 0 saturated carbocycles. The number of carbonyl (C=O) groups is 2. The highest BCUT2D eigenvalue weighted by molar-refractivity contribution is 5.97. The van der Waals surface area contributed by atoms with E-state index in [1.54, 1.807) is 0 Å². The van der Waals surface area contributed by atoms with E-state index >= 15 is 0 Å². The first-order chi connectivity index (χ1) is 16.7. The summed E-state index contributed by atoms with van der Waals surface area (Å²) in [5.41, 5.74) is 1.36. The van der Waals surface area contributed by atoms with Gasteiger partial charge in [0.25, 0.3) is 0 Å². The van der Waals surface area contributed by atoms with Gasteiger partial charge in [-0.05, 0) is 65.1 Å². The molecule has 2 N–H and O–H groups in total. The van der Waals surface area contributed by atoms with Gasteiger partial charge in [0.15, 0.2) is 5.78 Å². The van der Waals surface area contributed by atoms with Crippen LogP contribution in [0.4, 0.5) is 0 Å². The second-order valence-corrected chi connectivity index (χ2v) is 9.89. The molecule has 0 aliphatic rings. The summed E-state index contributed by atoms with van der Waals surface area (Å²) >= 11 is 0. The summed E-state index contributed by atoms with van der Waals surface area (Å²) < 4.78 is 11.8. The summed E-state index contributed by atoms with van der Waals surface area (Å²) in [6.07, 6.45) is 3.24. The van der Waals surface area contributed by atoms with Gasteiger partial charge in [-0.2, -0.15) is 0 Å². The van der Waals surface area contributed by atoms with Crippen molar-refractivity contribution in [2.45, 2.75) is 78.0 Å². The molecular formula is C29H42N2O4. The molecule has 0 bridgehead atoms. The molecule has 2 aromatic carbocycles. The lowest BCUT2D eigenvalue weighted by atomic mass is 10.1. The number of esters is 1. The molecule has 0 spiro atoms. The first-order valence-electron chi connectivity index (χ1n) is 12.7. The highest BCUT2D eigenvalue weighted by Crippen LogP contribution is 2.21. The zero-order valence-corrected chi connectivity index (χ0v) is 21.9. The van der Waals surface area contributed by atoms with E-state index in [1.807, 2.05) is 76.2 Å². The van der Waals surface area contributed by atoms with Crippen molar-refractivity contribution < 1.29 is 19.1 Å². The lowest BCUT2D eigenvalue weighted by Crippen LogP contribution is -2.44. The van der Waals surface area contributed by atoms with E-state index in [2.05, 4.69) is 23.6 Å². The average Bonchev–Trinajstić information content (AvgIpc) is 2.81. The summed E-state index contributed by atoms with van der Waals surface area (Å²) in [7, 11) is 0. The summed E-state index contributed by atoms with van der Waals surface area (Å²) in [5.74, 6) is 0.736. The molecule has 0 radical (unpaired) electrons. The van der Waals surface area contributed by atoms with Crippen LogP contribution in [0.5, 0.6) is 5.75 Å². The number of carbonyl (C=O) groups excluding carboxylic acids is 2. The predicted molar refractivity (Wildman–Crippen MR) is 141 cm³/mol. The van der Waals surface area contributed by atoms with E-state index < -0.39 is 5.60 Å². The van der Waals surface area contributed by atoms with Crippen LogP contribution in [0.15, 0.2) is 54.6 Å². The monoisotopic (exact) mass is 482 g/mol. The standard InChI is InChI=1S/C29H42N2O4/c1-6-13-25(28(33)35-29(3,4)5)31-20-22(2)34-27-18-11-10-16-24(27)17-12-19-30-21-26(32)23-14-8-7-9-15-23/h7-11,14-16,18,22,25,30-31H,6,12-13,17,19-21H2,1-5H3/t22-,25+/m1/s1. The first kappa shape index (κ1) is 28.5. The van der Waals surface area contributed by atoms with Crippen LogP contribution in [-0.2, 0) is 16.0 Å². The van der Waals surface area contributed by atoms with Crippen molar-refractivity contribution in [3.05, 3.63) is 65.7 Å². The number of nitrogens with one attached hydrogen (secondary N) is 2. The molecule has 0 amide bonds. The topological polar surface area (TPSA) is 76.7 Å². The Morgan fingerprint density at radius 2 is 1.69 bits per heavy atom. The fraction of sp³-hybridized carbons (Fsp3) is 0.517. The van der Waals surface area contributed by atoms with E-state index in [0.29, 0.717) is 13.1 Å². The van der Waals surface area contributed by atoms with Crippen LogP contribution in [0.2, 0.25) is 0 Å². The molecule has 0 heterocycles. The normalized spacial score (nSPS) is 13.2. The minimum absolute atomic E-state index is 0.100. The van der Waals surface area contributed by atoms with E-state index in [-0.39, 0.29) is 23.9 Å².